The molecular formula is C21H41N2O5P. The Labute approximate surface area is 175 Å². The fraction of sp³-hybridized carbons (Fsp3) is 0.905. The second-order valence-electron chi connectivity index (χ2n) is 9.37. The molecule has 4 atom stereocenters. The number of nitrogens with two attached hydrogens (primary N) is 1. The topological polar surface area (TPSA) is 130 Å². The molecule has 0 spiro atoms. The number of aliphatic hydroxyl groups is 1. The zero-order valence-corrected chi connectivity index (χ0v) is 19.4. The molecule has 170 valence electrons. The number of aliphatic hydroxyl groups excluding tert-OH is 1. The van der Waals surface area contributed by atoms with E-state index in [0.717, 1.165) is 25.7 Å². The number of rotatable bonds is 12. The van der Waals surface area contributed by atoms with Gasteiger partial charge in [-0.1, -0.05) is 47.0 Å². The first kappa shape index (κ1) is 26.3. The van der Waals surface area contributed by atoms with Gasteiger partial charge >= 0.3 is 0 Å². The summed E-state index contributed by atoms with van der Waals surface area (Å²) in [6.45, 7) is 7.36. The first-order chi connectivity index (χ1) is 13.4. The molecule has 1 unspecified atom stereocenters. The highest BCUT2D eigenvalue weighted by molar-refractivity contribution is 7.58. The second-order valence-corrected chi connectivity index (χ2v) is 11.8. The van der Waals surface area contributed by atoms with Crippen molar-refractivity contribution in [2.24, 2.45) is 23.5 Å². The van der Waals surface area contributed by atoms with Gasteiger partial charge in [0.15, 0.2) is 5.78 Å². The van der Waals surface area contributed by atoms with E-state index >= 15 is 0 Å². The van der Waals surface area contributed by atoms with Gasteiger partial charge in [0.25, 0.3) is 0 Å². The maximum Gasteiger partial charge on any atom is 0.237 e. The number of nitrogens with one attached hydrogen (secondary N) is 1. The molecule has 0 bridgehead atoms. The van der Waals surface area contributed by atoms with E-state index in [1.165, 1.54) is 6.42 Å². The highest BCUT2D eigenvalue weighted by Crippen LogP contribution is 2.46. The Morgan fingerprint density at radius 3 is 2.21 bits per heavy atom. The summed E-state index contributed by atoms with van der Waals surface area (Å²) in [5.74, 6) is -0.441. The summed E-state index contributed by atoms with van der Waals surface area (Å²) in [5.41, 5.74) is 5.85. The minimum absolute atomic E-state index is 0.0393. The molecule has 1 aliphatic rings. The van der Waals surface area contributed by atoms with Gasteiger partial charge in [0.2, 0.25) is 13.3 Å². The first-order valence-electron chi connectivity index (χ1n) is 11.0. The van der Waals surface area contributed by atoms with Gasteiger partial charge in [0, 0.05) is 12.6 Å². The third kappa shape index (κ3) is 9.73. The molecule has 0 aliphatic heterocycles. The largest absolute Gasteiger partial charge is 0.393 e. The van der Waals surface area contributed by atoms with Crippen LogP contribution in [0.2, 0.25) is 0 Å². The number of amides is 1. The lowest BCUT2D eigenvalue weighted by Crippen LogP contribution is -2.52. The number of hydrogen-bond acceptors (Lipinski definition) is 5. The van der Waals surface area contributed by atoms with Crippen molar-refractivity contribution in [3.63, 3.8) is 0 Å². The zero-order chi connectivity index (χ0) is 22.2. The van der Waals surface area contributed by atoms with Crippen LogP contribution in [0.15, 0.2) is 0 Å². The highest BCUT2D eigenvalue weighted by Gasteiger charge is 2.30. The monoisotopic (exact) mass is 432 g/mol. The Hall–Kier alpha value is -0.750. The Morgan fingerprint density at radius 2 is 1.69 bits per heavy atom. The van der Waals surface area contributed by atoms with Crippen molar-refractivity contribution in [2.45, 2.75) is 90.8 Å². The standard InChI is InChI=1S/C21H41N2O5P/c1-14(2)19(22)21(26)23-20(15(3)4)18(25)11-10-17(24)13-29(27,28)12-16-8-6-5-7-9-16/h14-17,19-20,24H,5-13,22H2,1-4H3,(H,23,26)(H,27,28)/t17-,19-,20-/m1/s1. The molecule has 0 radical (unpaired) electrons. The van der Waals surface area contributed by atoms with Crippen molar-refractivity contribution in [3.8, 4) is 0 Å². The van der Waals surface area contributed by atoms with E-state index < -0.39 is 25.6 Å². The van der Waals surface area contributed by atoms with Gasteiger partial charge in [-0.15, -0.1) is 0 Å². The molecule has 29 heavy (non-hydrogen) atoms. The van der Waals surface area contributed by atoms with E-state index in [1.54, 1.807) is 0 Å². The molecule has 0 saturated heterocycles. The quantitative estimate of drug-likeness (QED) is 0.351. The van der Waals surface area contributed by atoms with Gasteiger partial charge in [-0.05, 0) is 37.0 Å². The van der Waals surface area contributed by atoms with Crippen LogP contribution < -0.4 is 11.1 Å². The molecule has 1 saturated carbocycles. The van der Waals surface area contributed by atoms with Gasteiger partial charge in [0.05, 0.1) is 24.3 Å². The van der Waals surface area contributed by atoms with Crippen LogP contribution in [0.3, 0.4) is 0 Å². The van der Waals surface area contributed by atoms with Gasteiger partial charge in [0.1, 0.15) is 0 Å². The second kappa shape index (κ2) is 12.2. The van der Waals surface area contributed by atoms with Crippen LogP contribution in [-0.2, 0) is 14.2 Å². The van der Waals surface area contributed by atoms with E-state index in [9.17, 15) is 24.2 Å². The van der Waals surface area contributed by atoms with Crippen molar-refractivity contribution >= 4 is 19.1 Å². The molecule has 8 heteroatoms. The van der Waals surface area contributed by atoms with Crippen molar-refractivity contribution in [1.29, 1.82) is 0 Å². The minimum atomic E-state index is -3.41. The number of ketones is 1. The molecule has 1 aliphatic carbocycles. The molecule has 0 aromatic carbocycles. The summed E-state index contributed by atoms with van der Waals surface area (Å²) in [7, 11) is -3.41. The van der Waals surface area contributed by atoms with Gasteiger partial charge < -0.3 is 21.1 Å². The SMILES string of the molecule is CC(C)[C@@H](N)C(=O)N[C@@H](C(=O)CC[C@@H](O)CP(=O)(O)CC1CCCCC1)C(C)C. The predicted octanol–water partition coefficient (Wildman–Crippen LogP) is 2.67. The Bertz CT molecular complexity index is 575. The molecular weight excluding hydrogens is 391 g/mol. The Morgan fingerprint density at radius 1 is 1.10 bits per heavy atom. The molecule has 1 amide bonds. The lowest BCUT2D eigenvalue weighted by Gasteiger charge is -2.26. The predicted molar refractivity (Wildman–Crippen MR) is 116 cm³/mol. The summed E-state index contributed by atoms with van der Waals surface area (Å²) in [4.78, 5) is 35.1. The number of carbonyl (C=O) groups is 2. The first-order valence-corrected chi connectivity index (χ1v) is 13.0. The number of hydrogen-bond donors (Lipinski definition) is 4. The fourth-order valence-corrected chi connectivity index (χ4v) is 6.07. The van der Waals surface area contributed by atoms with Crippen LogP contribution in [0, 0.1) is 17.8 Å². The van der Waals surface area contributed by atoms with E-state index in [4.69, 9.17) is 5.73 Å². The maximum atomic E-state index is 12.6. The Kier molecular flexibility index (Phi) is 11.0. The maximum absolute atomic E-state index is 12.6. The van der Waals surface area contributed by atoms with E-state index in [1.807, 2.05) is 27.7 Å². The van der Waals surface area contributed by atoms with Crippen molar-refractivity contribution in [2.75, 3.05) is 12.3 Å². The van der Waals surface area contributed by atoms with E-state index in [2.05, 4.69) is 5.32 Å². The smallest absolute Gasteiger partial charge is 0.237 e. The average molecular weight is 433 g/mol. The summed E-state index contributed by atoms with van der Waals surface area (Å²) >= 11 is 0. The summed E-state index contributed by atoms with van der Waals surface area (Å²) < 4.78 is 12.5. The molecule has 0 aromatic rings. The number of Topliss-reactive ketones (excluding diaryl/α,β-unsaturated/α-hetero) is 1. The molecule has 7 nitrogen and oxygen atoms in total. The van der Waals surface area contributed by atoms with Crippen LogP contribution in [0.25, 0.3) is 0 Å². The average Bonchev–Trinajstić information content (AvgIpc) is 2.62. The minimum Gasteiger partial charge on any atom is -0.393 e. The van der Waals surface area contributed by atoms with Crippen LogP contribution in [0.4, 0.5) is 0 Å². The number of carbonyl (C=O) groups excluding carboxylic acids is 2. The molecule has 1 rings (SSSR count). The molecule has 0 aromatic heterocycles. The normalized spacial score (nSPS) is 20.9. The van der Waals surface area contributed by atoms with Gasteiger partial charge in [-0.2, -0.15) is 0 Å². The summed E-state index contributed by atoms with van der Waals surface area (Å²) in [6, 6.07) is -1.36. The molecule has 5 N–H and O–H groups in total. The van der Waals surface area contributed by atoms with Crippen LogP contribution >= 0.6 is 7.37 Å². The van der Waals surface area contributed by atoms with Gasteiger partial charge in [-0.25, -0.2) is 0 Å². The molecule has 0 heterocycles. The lowest BCUT2D eigenvalue weighted by atomic mass is 9.91. The molecule has 1 fully saturated rings. The van der Waals surface area contributed by atoms with Gasteiger partial charge in [-0.3, -0.25) is 14.2 Å². The van der Waals surface area contributed by atoms with Crippen molar-refractivity contribution < 1.29 is 24.2 Å². The third-order valence-electron chi connectivity index (χ3n) is 5.82. The van der Waals surface area contributed by atoms with Crippen LogP contribution in [0.1, 0.15) is 72.6 Å². The highest BCUT2D eigenvalue weighted by atomic mass is 31.2. The fourth-order valence-electron chi connectivity index (χ4n) is 3.90. The summed E-state index contributed by atoms with van der Waals surface area (Å²) in [6.07, 6.45) is 4.60. The van der Waals surface area contributed by atoms with E-state index in [0.29, 0.717) is 0 Å². The third-order valence-corrected chi connectivity index (χ3v) is 7.90. The Balaban J connectivity index is 2.52. The zero-order valence-electron chi connectivity index (χ0n) is 18.5. The van der Waals surface area contributed by atoms with E-state index in [-0.39, 0.29) is 54.6 Å². The van der Waals surface area contributed by atoms with Crippen molar-refractivity contribution in [3.05, 3.63) is 0 Å². The lowest BCUT2D eigenvalue weighted by molar-refractivity contribution is -0.130. The van der Waals surface area contributed by atoms with Crippen molar-refractivity contribution in [1.82, 2.24) is 5.32 Å². The van der Waals surface area contributed by atoms with Crippen LogP contribution in [0.5, 0.6) is 0 Å². The van der Waals surface area contributed by atoms with Crippen LogP contribution in [-0.4, -0.2) is 52.2 Å². The summed E-state index contributed by atoms with van der Waals surface area (Å²) in [5, 5.41) is 13.0.